The van der Waals surface area contributed by atoms with E-state index in [2.05, 4.69) is 41.6 Å². The number of hydrazone groups is 1. The molecule has 0 bridgehead atoms. The number of hydrogen-bond acceptors (Lipinski definition) is 5. The van der Waals surface area contributed by atoms with Crippen LogP contribution in [-0.4, -0.2) is 26.0 Å². The average molecular weight is 434 g/mol. The lowest BCUT2D eigenvalue weighted by atomic mass is 10.2. The molecule has 0 saturated carbocycles. The van der Waals surface area contributed by atoms with Gasteiger partial charge in [0.05, 0.1) is 16.8 Å². The molecule has 6 nitrogen and oxygen atoms in total. The van der Waals surface area contributed by atoms with Gasteiger partial charge in [0, 0.05) is 22.5 Å². The lowest BCUT2D eigenvalue weighted by Crippen LogP contribution is -2.01. The molecule has 130 valence electrons. The first kappa shape index (κ1) is 16.9. The fourth-order valence-electron chi connectivity index (χ4n) is 2.67. The third-order valence-electron chi connectivity index (χ3n) is 3.92. The van der Waals surface area contributed by atoms with Gasteiger partial charge in [-0.15, -0.1) is 10.2 Å². The van der Waals surface area contributed by atoms with Crippen LogP contribution in [0.3, 0.4) is 0 Å². The maximum Gasteiger partial charge on any atom is 0.265 e. The molecule has 0 fully saturated rings. The van der Waals surface area contributed by atoms with Crippen LogP contribution in [0.5, 0.6) is 0 Å². The van der Waals surface area contributed by atoms with Crippen molar-refractivity contribution in [3.8, 4) is 0 Å². The van der Waals surface area contributed by atoms with Crippen molar-refractivity contribution in [2.45, 2.75) is 0 Å². The van der Waals surface area contributed by atoms with Gasteiger partial charge in [0.1, 0.15) is 11.3 Å². The minimum Gasteiger partial charge on any atom is -0.327 e. The fourth-order valence-corrected chi connectivity index (χ4v) is 3.24. The number of rotatable bonds is 3. The average Bonchev–Trinajstić information content (AvgIpc) is 2.89. The minimum absolute atomic E-state index is 0.185. The lowest BCUT2D eigenvalue weighted by Gasteiger charge is -2.01. The summed E-state index contributed by atoms with van der Waals surface area (Å²) in [6.07, 6.45) is 1.28. The van der Waals surface area contributed by atoms with Gasteiger partial charge in [-0.2, -0.15) is 10.1 Å². The number of aromatic nitrogens is 4. The molecule has 2 aromatic heterocycles. The van der Waals surface area contributed by atoms with Crippen LogP contribution in [0.25, 0.3) is 22.1 Å². The molecule has 0 aliphatic carbocycles. The molecular formula is C17H11BrClFN6. The van der Waals surface area contributed by atoms with Crippen molar-refractivity contribution < 1.29 is 4.39 Å². The molecule has 4 aromatic rings. The molecule has 2 heterocycles. The number of anilines is 1. The molecule has 2 aromatic carbocycles. The maximum atomic E-state index is 13.7. The van der Waals surface area contributed by atoms with Crippen molar-refractivity contribution >= 4 is 61.8 Å². The second-order valence-corrected chi connectivity index (χ2v) is 6.86. The SMILES string of the molecule is Cn1c2ccc(Br)cc2c2nnc(N/N=C/c3c(F)cccc3Cl)nc21. The molecule has 0 amide bonds. The zero-order valence-corrected chi connectivity index (χ0v) is 15.8. The van der Waals surface area contributed by atoms with E-state index in [1.807, 2.05) is 29.8 Å². The summed E-state index contributed by atoms with van der Waals surface area (Å²) in [4.78, 5) is 4.44. The second kappa shape index (κ2) is 6.62. The smallest absolute Gasteiger partial charge is 0.265 e. The van der Waals surface area contributed by atoms with Gasteiger partial charge in [-0.1, -0.05) is 33.6 Å². The first-order valence-electron chi connectivity index (χ1n) is 7.56. The van der Waals surface area contributed by atoms with E-state index in [9.17, 15) is 4.39 Å². The first-order chi connectivity index (χ1) is 12.5. The van der Waals surface area contributed by atoms with Crippen molar-refractivity contribution in [3.63, 3.8) is 0 Å². The van der Waals surface area contributed by atoms with Crippen LogP contribution in [0, 0.1) is 5.82 Å². The van der Waals surface area contributed by atoms with Crippen molar-refractivity contribution in [2.24, 2.45) is 12.1 Å². The molecule has 4 rings (SSSR count). The van der Waals surface area contributed by atoms with Crippen molar-refractivity contribution in [1.82, 2.24) is 19.7 Å². The fraction of sp³-hybridized carbons (Fsp3) is 0.0588. The maximum absolute atomic E-state index is 13.7. The molecule has 0 aliphatic rings. The van der Waals surface area contributed by atoms with Gasteiger partial charge in [-0.25, -0.2) is 9.82 Å². The van der Waals surface area contributed by atoms with E-state index >= 15 is 0 Å². The monoisotopic (exact) mass is 432 g/mol. The van der Waals surface area contributed by atoms with E-state index in [1.165, 1.54) is 18.3 Å². The zero-order chi connectivity index (χ0) is 18.3. The molecule has 0 unspecified atom stereocenters. The Kier molecular flexibility index (Phi) is 4.29. The Bertz CT molecular complexity index is 1150. The van der Waals surface area contributed by atoms with E-state index in [4.69, 9.17) is 11.6 Å². The van der Waals surface area contributed by atoms with Crippen LogP contribution in [0.1, 0.15) is 5.56 Å². The van der Waals surface area contributed by atoms with Crippen molar-refractivity contribution in [1.29, 1.82) is 0 Å². The molecule has 0 atom stereocenters. The lowest BCUT2D eigenvalue weighted by molar-refractivity contribution is 0.626. The van der Waals surface area contributed by atoms with Gasteiger partial charge in [0.25, 0.3) is 5.95 Å². The Hall–Kier alpha value is -2.58. The summed E-state index contributed by atoms with van der Waals surface area (Å²) in [7, 11) is 1.90. The van der Waals surface area contributed by atoms with Crippen LogP contribution in [0.15, 0.2) is 46.0 Å². The largest absolute Gasteiger partial charge is 0.327 e. The molecule has 1 N–H and O–H groups in total. The molecule has 0 radical (unpaired) electrons. The number of halogens is 3. The summed E-state index contributed by atoms with van der Waals surface area (Å²) >= 11 is 9.42. The summed E-state index contributed by atoms with van der Waals surface area (Å²) in [6, 6.07) is 10.3. The Morgan fingerprint density at radius 1 is 1.27 bits per heavy atom. The van der Waals surface area contributed by atoms with Crippen LogP contribution in [-0.2, 0) is 7.05 Å². The standard InChI is InChI=1S/C17H11BrClFN6/c1-26-14-6-5-9(18)7-10(14)15-16(26)22-17(25-23-15)24-21-8-11-12(19)3-2-4-13(11)20/h2-8H,1H3,(H,22,24,25)/b21-8+. The van der Waals surface area contributed by atoms with Crippen molar-refractivity contribution in [2.75, 3.05) is 5.43 Å². The number of benzene rings is 2. The molecule has 0 spiro atoms. The Balaban J connectivity index is 1.69. The number of aryl methyl sites for hydroxylation is 1. The highest BCUT2D eigenvalue weighted by molar-refractivity contribution is 9.10. The summed E-state index contributed by atoms with van der Waals surface area (Å²) in [5.74, 6) is -0.261. The zero-order valence-electron chi connectivity index (χ0n) is 13.4. The van der Waals surface area contributed by atoms with E-state index in [1.54, 1.807) is 6.07 Å². The van der Waals surface area contributed by atoms with Crippen molar-refractivity contribution in [3.05, 3.63) is 57.3 Å². The number of hydrogen-bond donors (Lipinski definition) is 1. The molecular weight excluding hydrogens is 423 g/mol. The van der Waals surface area contributed by atoms with Crippen LogP contribution < -0.4 is 5.43 Å². The first-order valence-corrected chi connectivity index (χ1v) is 8.73. The third kappa shape index (κ3) is 2.91. The third-order valence-corrected chi connectivity index (χ3v) is 4.74. The van der Waals surface area contributed by atoms with Gasteiger partial charge in [-0.05, 0) is 30.3 Å². The van der Waals surface area contributed by atoms with Gasteiger partial charge in [0.2, 0.25) is 0 Å². The van der Waals surface area contributed by atoms with E-state index in [-0.39, 0.29) is 16.5 Å². The predicted molar refractivity (Wildman–Crippen MR) is 104 cm³/mol. The second-order valence-electron chi connectivity index (χ2n) is 5.53. The highest BCUT2D eigenvalue weighted by Gasteiger charge is 2.12. The van der Waals surface area contributed by atoms with E-state index < -0.39 is 5.82 Å². The summed E-state index contributed by atoms with van der Waals surface area (Å²) < 4.78 is 16.6. The van der Waals surface area contributed by atoms with Gasteiger partial charge < -0.3 is 4.57 Å². The van der Waals surface area contributed by atoms with Crippen LogP contribution in [0.2, 0.25) is 5.02 Å². The van der Waals surface area contributed by atoms with Crippen LogP contribution in [0.4, 0.5) is 10.3 Å². The number of fused-ring (bicyclic) bond motifs is 3. The number of nitrogens with one attached hydrogen (secondary N) is 1. The molecule has 0 aliphatic heterocycles. The summed E-state index contributed by atoms with van der Waals surface area (Å²) in [5.41, 5.74) is 5.19. The van der Waals surface area contributed by atoms with Gasteiger partial charge in [0.15, 0.2) is 5.65 Å². The quantitative estimate of drug-likeness (QED) is 0.381. The van der Waals surface area contributed by atoms with Gasteiger partial charge in [-0.3, -0.25) is 0 Å². The topological polar surface area (TPSA) is 68.0 Å². The summed E-state index contributed by atoms with van der Waals surface area (Å²) in [6.45, 7) is 0. The molecule has 26 heavy (non-hydrogen) atoms. The van der Waals surface area contributed by atoms with E-state index in [0.29, 0.717) is 11.2 Å². The van der Waals surface area contributed by atoms with Crippen LogP contribution >= 0.6 is 27.5 Å². The van der Waals surface area contributed by atoms with Gasteiger partial charge >= 0.3 is 0 Å². The predicted octanol–water partition coefficient (Wildman–Crippen LogP) is 4.52. The Labute approximate surface area is 160 Å². The van der Waals surface area contributed by atoms with E-state index in [0.717, 1.165) is 15.4 Å². The highest BCUT2D eigenvalue weighted by Crippen LogP contribution is 2.28. The Morgan fingerprint density at radius 2 is 2.12 bits per heavy atom. The summed E-state index contributed by atoms with van der Waals surface area (Å²) in [5, 5.41) is 13.4. The minimum atomic E-state index is -0.461. The molecule has 9 heteroatoms. The normalized spacial score (nSPS) is 11.7. The molecule has 0 saturated heterocycles. The Morgan fingerprint density at radius 3 is 2.92 bits per heavy atom. The highest BCUT2D eigenvalue weighted by atomic mass is 79.9. The number of nitrogens with zero attached hydrogens (tertiary/aromatic N) is 5.